The van der Waals surface area contributed by atoms with Gasteiger partial charge in [0.2, 0.25) is 0 Å². The van der Waals surface area contributed by atoms with Crippen LogP contribution >= 0.6 is 0 Å². The minimum atomic E-state index is -2.48. The molecular formula is C11H11F2N. The lowest BCUT2D eigenvalue weighted by molar-refractivity contribution is 0.116. The van der Waals surface area contributed by atoms with Crippen LogP contribution in [0.3, 0.4) is 0 Å². The van der Waals surface area contributed by atoms with E-state index in [9.17, 15) is 8.78 Å². The summed E-state index contributed by atoms with van der Waals surface area (Å²) in [5, 5.41) is 0. The Morgan fingerprint density at radius 2 is 1.86 bits per heavy atom. The Morgan fingerprint density at radius 3 is 2.29 bits per heavy atom. The van der Waals surface area contributed by atoms with E-state index in [1.165, 1.54) is 0 Å². The first-order valence-electron chi connectivity index (χ1n) is 4.22. The van der Waals surface area contributed by atoms with Gasteiger partial charge in [0.25, 0.3) is 6.43 Å². The maximum absolute atomic E-state index is 12.1. The molecule has 1 aromatic rings. The molecule has 0 spiro atoms. The van der Waals surface area contributed by atoms with Crippen LogP contribution in [0.1, 0.15) is 11.1 Å². The van der Waals surface area contributed by atoms with E-state index < -0.39 is 12.5 Å². The van der Waals surface area contributed by atoms with Crippen molar-refractivity contribution in [1.82, 2.24) is 0 Å². The molecule has 0 saturated carbocycles. The molecule has 1 aromatic carbocycles. The number of hydrogen-bond acceptors (Lipinski definition) is 1. The third-order valence-electron chi connectivity index (χ3n) is 1.92. The quantitative estimate of drug-likeness (QED) is 0.731. The fraction of sp³-hybridized carbons (Fsp3) is 0.273. The van der Waals surface area contributed by atoms with E-state index in [0.29, 0.717) is 0 Å². The lowest BCUT2D eigenvalue weighted by Crippen LogP contribution is -2.30. The molecule has 2 N–H and O–H groups in total. The second-order valence-corrected chi connectivity index (χ2v) is 3.04. The Labute approximate surface area is 81.9 Å². The summed E-state index contributed by atoms with van der Waals surface area (Å²) in [7, 11) is 0. The van der Waals surface area contributed by atoms with Gasteiger partial charge < -0.3 is 5.73 Å². The van der Waals surface area contributed by atoms with E-state index in [1.807, 2.05) is 0 Å². The highest BCUT2D eigenvalue weighted by Gasteiger charge is 2.15. The Kier molecular flexibility index (Phi) is 3.61. The molecule has 0 aliphatic heterocycles. The molecule has 0 aromatic heterocycles. The predicted octanol–water partition coefficient (Wildman–Crippen LogP) is 1.80. The molecule has 0 radical (unpaired) electrons. The van der Waals surface area contributed by atoms with Crippen LogP contribution in [0.2, 0.25) is 0 Å². The van der Waals surface area contributed by atoms with E-state index in [-0.39, 0.29) is 6.42 Å². The summed E-state index contributed by atoms with van der Waals surface area (Å²) < 4.78 is 24.2. The van der Waals surface area contributed by atoms with Crippen molar-refractivity contribution in [3.8, 4) is 12.3 Å². The van der Waals surface area contributed by atoms with Crippen LogP contribution in [0, 0.1) is 12.3 Å². The van der Waals surface area contributed by atoms with E-state index in [1.54, 1.807) is 24.3 Å². The SMILES string of the molecule is C#Cc1ccc(CC(N)C(F)F)cc1. The fourth-order valence-electron chi connectivity index (χ4n) is 1.10. The van der Waals surface area contributed by atoms with Crippen LogP contribution in [0.5, 0.6) is 0 Å². The van der Waals surface area contributed by atoms with E-state index in [2.05, 4.69) is 5.92 Å². The molecule has 1 atom stereocenters. The minimum Gasteiger partial charge on any atom is -0.323 e. The summed E-state index contributed by atoms with van der Waals surface area (Å²) in [5.41, 5.74) is 6.74. The van der Waals surface area contributed by atoms with Crippen LogP contribution in [0.25, 0.3) is 0 Å². The molecule has 0 fully saturated rings. The first kappa shape index (κ1) is 10.7. The second kappa shape index (κ2) is 4.73. The fourth-order valence-corrected chi connectivity index (χ4v) is 1.10. The molecule has 0 heterocycles. The van der Waals surface area contributed by atoms with Gasteiger partial charge in [-0.2, -0.15) is 0 Å². The zero-order chi connectivity index (χ0) is 10.6. The van der Waals surface area contributed by atoms with Gasteiger partial charge in [-0.3, -0.25) is 0 Å². The van der Waals surface area contributed by atoms with Crippen molar-refractivity contribution < 1.29 is 8.78 Å². The Balaban J connectivity index is 2.65. The molecule has 74 valence electrons. The van der Waals surface area contributed by atoms with Crippen molar-refractivity contribution in [3.63, 3.8) is 0 Å². The lowest BCUT2D eigenvalue weighted by atomic mass is 10.1. The largest absolute Gasteiger partial charge is 0.323 e. The summed E-state index contributed by atoms with van der Waals surface area (Å²) in [6, 6.07) is 5.77. The van der Waals surface area contributed by atoms with Crippen molar-refractivity contribution >= 4 is 0 Å². The van der Waals surface area contributed by atoms with Crippen LogP contribution in [0.4, 0.5) is 8.78 Å². The summed E-state index contributed by atoms with van der Waals surface area (Å²) >= 11 is 0. The summed E-state index contributed by atoms with van der Waals surface area (Å²) in [5.74, 6) is 2.45. The monoisotopic (exact) mass is 195 g/mol. The van der Waals surface area contributed by atoms with Gasteiger partial charge in [0, 0.05) is 5.56 Å². The highest BCUT2D eigenvalue weighted by atomic mass is 19.3. The maximum Gasteiger partial charge on any atom is 0.253 e. The van der Waals surface area contributed by atoms with Gasteiger partial charge in [0.15, 0.2) is 0 Å². The van der Waals surface area contributed by atoms with Gasteiger partial charge in [-0.05, 0) is 24.1 Å². The van der Waals surface area contributed by atoms with Gasteiger partial charge in [0.1, 0.15) is 0 Å². The van der Waals surface area contributed by atoms with Gasteiger partial charge in [-0.1, -0.05) is 18.1 Å². The first-order valence-corrected chi connectivity index (χ1v) is 4.22. The van der Waals surface area contributed by atoms with Crippen LogP contribution in [-0.4, -0.2) is 12.5 Å². The third kappa shape index (κ3) is 2.82. The van der Waals surface area contributed by atoms with Crippen LogP contribution < -0.4 is 5.73 Å². The Morgan fingerprint density at radius 1 is 1.29 bits per heavy atom. The number of halogens is 2. The molecule has 0 aliphatic carbocycles. The molecule has 14 heavy (non-hydrogen) atoms. The Hall–Kier alpha value is -1.40. The topological polar surface area (TPSA) is 26.0 Å². The molecule has 0 amide bonds. The molecule has 0 aliphatic rings. The van der Waals surface area contributed by atoms with E-state index >= 15 is 0 Å². The summed E-state index contributed by atoms with van der Waals surface area (Å²) in [4.78, 5) is 0. The van der Waals surface area contributed by atoms with Crippen molar-refractivity contribution in [1.29, 1.82) is 0 Å². The number of rotatable bonds is 3. The van der Waals surface area contributed by atoms with Crippen molar-refractivity contribution in [3.05, 3.63) is 35.4 Å². The number of hydrogen-bond donors (Lipinski definition) is 1. The standard InChI is InChI=1S/C11H11F2N/c1-2-8-3-5-9(6-4-8)7-10(14)11(12)13/h1,3-6,10-11H,7,14H2. The number of benzene rings is 1. The predicted molar refractivity (Wildman–Crippen MR) is 52.1 cm³/mol. The second-order valence-electron chi connectivity index (χ2n) is 3.04. The molecular weight excluding hydrogens is 184 g/mol. The van der Waals surface area contributed by atoms with Gasteiger partial charge in [-0.15, -0.1) is 6.42 Å². The van der Waals surface area contributed by atoms with Crippen LogP contribution in [0.15, 0.2) is 24.3 Å². The maximum atomic E-state index is 12.1. The van der Waals surface area contributed by atoms with Crippen molar-refractivity contribution in [2.24, 2.45) is 5.73 Å². The van der Waals surface area contributed by atoms with Gasteiger partial charge >= 0.3 is 0 Å². The number of terminal acetylenes is 1. The average Bonchev–Trinajstić information content (AvgIpc) is 2.19. The molecule has 1 unspecified atom stereocenters. The smallest absolute Gasteiger partial charge is 0.253 e. The van der Waals surface area contributed by atoms with Gasteiger partial charge in [0.05, 0.1) is 6.04 Å². The first-order chi connectivity index (χ1) is 6.63. The highest BCUT2D eigenvalue weighted by molar-refractivity contribution is 5.34. The van der Waals surface area contributed by atoms with Crippen molar-refractivity contribution in [2.45, 2.75) is 18.9 Å². The lowest BCUT2D eigenvalue weighted by Gasteiger charge is -2.09. The zero-order valence-corrected chi connectivity index (χ0v) is 7.58. The Bertz CT molecular complexity index is 324. The van der Waals surface area contributed by atoms with E-state index in [0.717, 1.165) is 11.1 Å². The molecule has 0 bridgehead atoms. The number of alkyl halides is 2. The number of nitrogens with two attached hydrogens (primary N) is 1. The molecule has 1 rings (SSSR count). The molecule has 0 saturated heterocycles. The summed E-state index contributed by atoms with van der Waals surface area (Å²) in [6.07, 6.45) is 2.84. The zero-order valence-electron chi connectivity index (χ0n) is 7.58. The van der Waals surface area contributed by atoms with E-state index in [4.69, 9.17) is 12.2 Å². The third-order valence-corrected chi connectivity index (χ3v) is 1.92. The normalized spacial score (nSPS) is 12.5. The van der Waals surface area contributed by atoms with Crippen molar-refractivity contribution in [2.75, 3.05) is 0 Å². The molecule has 1 nitrogen and oxygen atoms in total. The average molecular weight is 195 g/mol. The van der Waals surface area contributed by atoms with Gasteiger partial charge in [-0.25, -0.2) is 8.78 Å². The highest BCUT2D eigenvalue weighted by Crippen LogP contribution is 2.09. The molecule has 3 heteroatoms. The van der Waals surface area contributed by atoms with Crippen LogP contribution in [-0.2, 0) is 6.42 Å². The minimum absolute atomic E-state index is 0.169. The summed E-state index contributed by atoms with van der Waals surface area (Å²) in [6.45, 7) is 0.